The molecule has 0 saturated heterocycles. The number of nitrogens with zero attached hydrogens (tertiary/aromatic N) is 3. The van der Waals surface area contributed by atoms with Crippen molar-refractivity contribution in [3.05, 3.63) is 34.1 Å². The van der Waals surface area contributed by atoms with Gasteiger partial charge in [-0.2, -0.15) is 0 Å². The summed E-state index contributed by atoms with van der Waals surface area (Å²) < 4.78 is 13.7. The minimum absolute atomic E-state index is 0.173. The monoisotopic (exact) mass is 345 g/mol. The molecule has 4 N–H and O–H groups in total. The van der Waals surface area contributed by atoms with Gasteiger partial charge in [0.25, 0.3) is 0 Å². The molecule has 0 bridgehead atoms. The molecule has 0 radical (unpaired) electrons. The molecule has 0 heterocycles. The van der Waals surface area contributed by atoms with Gasteiger partial charge in [-0.15, -0.1) is 5.10 Å². The minimum atomic E-state index is -0.304. The van der Waals surface area contributed by atoms with Gasteiger partial charge in [-0.1, -0.05) is 6.07 Å². The van der Waals surface area contributed by atoms with Crippen molar-refractivity contribution in [1.29, 1.82) is 0 Å². The van der Waals surface area contributed by atoms with Crippen LogP contribution in [0.2, 0.25) is 0 Å². The van der Waals surface area contributed by atoms with Gasteiger partial charge in [0, 0.05) is 0 Å². The van der Waals surface area contributed by atoms with Crippen molar-refractivity contribution in [3.63, 3.8) is 0 Å². The van der Waals surface area contributed by atoms with Gasteiger partial charge in [0.05, 0.1) is 10.5 Å². The summed E-state index contributed by atoms with van der Waals surface area (Å²) in [6.07, 6.45) is 0.748. The SMILES string of the molecule is C/C(N)=N/N(N)C(CCN(C)C)c1ccc(F)c(Br)c1. The first-order valence-corrected chi connectivity index (χ1v) is 7.05. The van der Waals surface area contributed by atoms with Crippen molar-refractivity contribution in [2.45, 2.75) is 19.4 Å². The zero-order valence-electron chi connectivity index (χ0n) is 12.0. The summed E-state index contributed by atoms with van der Waals surface area (Å²) >= 11 is 3.19. The molecule has 1 aromatic carbocycles. The van der Waals surface area contributed by atoms with E-state index in [1.54, 1.807) is 19.1 Å². The number of hydrazine groups is 1. The van der Waals surface area contributed by atoms with E-state index in [4.69, 9.17) is 11.6 Å². The van der Waals surface area contributed by atoms with Crippen LogP contribution in [0.5, 0.6) is 0 Å². The van der Waals surface area contributed by atoms with Crippen LogP contribution in [0.25, 0.3) is 0 Å². The second kappa shape index (κ2) is 7.56. The molecule has 1 aromatic rings. The maximum atomic E-state index is 13.3. The largest absolute Gasteiger partial charge is 0.386 e. The number of nitrogens with two attached hydrogens (primary N) is 2. The lowest BCUT2D eigenvalue weighted by atomic mass is 10.0. The second-order valence-corrected chi connectivity index (χ2v) is 5.76. The number of rotatable bonds is 6. The van der Waals surface area contributed by atoms with E-state index in [-0.39, 0.29) is 11.9 Å². The van der Waals surface area contributed by atoms with Crippen LogP contribution in [-0.2, 0) is 0 Å². The van der Waals surface area contributed by atoms with Gasteiger partial charge in [0.2, 0.25) is 0 Å². The van der Waals surface area contributed by atoms with Crippen LogP contribution in [0.4, 0.5) is 4.39 Å². The van der Waals surface area contributed by atoms with Gasteiger partial charge in [-0.3, -0.25) is 0 Å². The normalized spacial score (nSPS) is 13.7. The van der Waals surface area contributed by atoms with E-state index in [1.807, 2.05) is 14.1 Å². The summed E-state index contributed by atoms with van der Waals surface area (Å²) in [6, 6.07) is 4.67. The molecule has 1 rings (SSSR count). The van der Waals surface area contributed by atoms with E-state index in [2.05, 4.69) is 25.9 Å². The van der Waals surface area contributed by atoms with Crippen molar-refractivity contribution in [1.82, 2.24) is 10.0 Å². The lowest BCUT2D eigenvalue weighted by molar-refractivity contribution is 0.186. The van der Waals surface area contributed by atoms with Gasteiger partial charge in [-0.05, 0) is 67.6 Å². The Morgan fingerprint density at radius 2 is 2.10 bits per heavy atom. The molecule has 0 aliphatic carbocycles. The molecule has 0 fully saturated rings. The predicted octanol–water partition coefficient (Wildman–Crippen LogP) is 2.05. The van der Waals surface area contributed by atoms with Crippen LogP contribution in [0, 0.1) is 5.82 Å². The summed E-state index contributed by atoms with van der Waals surface area (Å²) in [7, 11) is 3.96. The highest BCUT2D eigenvalue weighted by molar-refractivity contribution is 9.10. The van der Waals surface area contributed by atoms with Crippen LogP contribution in [0.1, 0.15) is 24.9 Å². The van der Waals surface area contributed by atoms with E-state index in [9.17, 15) is 4.39 Å². The molecule has 0 saturated carbocycles. The Kier molecular flexibility index (Phi) is 6.38. The number of hydrazone groups is 1. The molecule has 1 unspecified atom stereocenters. The van der Waals surface area contributed by atoms with Crippen LogP contribution in [0.15, 0.2) is 27.8 Å². The molecular weight excluding hydrogens is 325 g/mol. The van der Waals surface area contributed by atoms with Gasteiger partial charge in [-0.25, -0.2) is 15.4 Å². The molecule has 0 spiro atoms. The quantitative estimate of drug-likeness (QED) is 0.358. The molecule has 7 heteroatoms. The topological polar surface area (TPSA) is 70.9 Å². The van der Waals surface area contributed by atoms with E-state index in [0.29, 0.717) is 10.3 Å². The summed E-state index contributed by atoms with van der Waals surface area (Å²) in [5.74, 6) is 6.04. The van der Waals surface area contributed by atoms with E-state index < -0.39 is 0 Å². The highest BCUT2D eigenvalue weighted by Crippen LogP contribution is 2.26. The van der Waals surface area contributed by atoms with Crippen molar-refractivity contribution >= 4 is 21.8 Å². The Balaban J connectivity index is 3.02. The van der Waals surface area contributed by atoms with Crippen LogP contribution < -0.4 is 11.6 Å². The lowest BCUT2D eigenvalue weighted by Crippen LogP contribution is -2.34. The van der Waals surface area contributed by atoms with Crippen molar-refractivity contribution in [2.75, 3.05) is 20.6 Å². The Hall–Kier alpha value is -1.18. The van der Waals surface area contributed by atoms with Crippen molar-refractivity contribution in [2.24, 2.45) is 16.7 Å². The Morgan fingerprint density at radius 3 is 2.60 bits per heavy atom. The summed E-state index contributed by atoms with van der Waals surface area (Å²) in [5.41, 5.74) is 6.45. The number of hydrogen-bond donors (Lipinski definition) is 2. The highest BCUT2D eigenvalue weighted by atomic mass is 79.9. The molecule has 0 aliphatic heterocycles. The average molecular weight is 346 g/mol. The predicted molar refractivity (Wildman–Crippen MR) is 83.3 cm³/mol. The molecule has 1 atom stereocenters. The van der Waals surface area contributed by atoms with E-state index >= 15 is 0 Å². The van der Waals surface area contributed by atoms with Crippen LogP contribution in [0.3, 0.4) is 0 Å². The molecule has 0 aliphatic rings. The number of hydrogen-bond acceptors (Lipinski definition) is 4. The van der Waals surface area contributed by atoms with E-state index in [1.165, 1.54) is 11.2 Å². The van der Waals surface area contributed by atoms with E-state index in [0.717, 1.165) is 18.5 Å². The second-order valence-electron chi connectivity index (χ2n) is 4.90. The fraction of sp³-hybridized carbons (Fsp3) is 0.462. The minimum Gasteiger partial charge on any atom is -0.386 e. The molecular formula is C13H21BrFN5. The number of halogens is 2. The third kappa shape index (κ3) is 5.07. The molecule has 112 valence electrons. The maximum Gasteiger partial charge on any atom is 0.137 e. The molecule has 0 amide bonds. The molecule has 20 heavy (non-hydrogen) atoms. The summed E-state index contributed by atoms with van der Waals surface area (Å²) in [4.78, 5) is 2.05. The fourth-order valence-electron chi connectivity index (χ4n) is 1.80. The third-order valence-corrected chi connectivity index (χ3v) is 3.38. The zero-order valence-corrected chi connectivity index (χ0v) is 13.6. The third-order valence-electron chi connectivity index (χ3n) is 2.77. The smallest absolute Gasteiger partial charge is 0.137 e. The van der Waals surface area contributed by atoms with Crippen molar-refractivity contribution in [3.8, 4) is 0 Å². The van der Waals surface area contributed by atoms with Gasteiger partial charge in [0.1, 0.15) is 11.7 Å². The highest BCUT2D eigenvalue weighted by Gasteiger charge is 2.18. The molecule has 5 nitrogen and oxygen atoms in total. The summed E-state index contributed by atoms with van der Waals surface area (Å²) in [5, 5.41) is 5.39. The van der Waals surface area contributed by atoms with Gasteiger partial charge in [0.15, 0.2) is 0 Å². The van der Waals surface area contributed by atoms with Crippen LogP contribution in [-0.4, -0.2) is 36.5 Å². The molecule has 0 aromatic heterocycles. The first-order valence-electron chi connectivity index (χ1n) is 6.25. The Morgan fingerprint density at radius 1 is 1.45 bits per heavy atom. The number of benzene rings is 1. The zero-order chi connectivity index (χ0) is 15.3. The Labute approximate surface area is 127 Å². The average Bonchev–Trinajstić information content (AvgIpc) is 2.32. The van der Waals surface area contributed by atoms with Crippen LogP contribution >= 0.6 is 15.9 Å². The number of amidine groups is 1. The lowest BCUT2D eigenvalue weighted by Gasteiger charge is -2.27. The Bertz CT molecular complexity index is 474. The van der Waals surface area contributed by atoms with Gasteiger partial charge < -0.3 is 10.6 Å². The summed E-state index contributed by atoms with van der Waals surface area (Å²) in [6.45, 7) is 2.50. The standard InChI is InChI=1S/C13H21BrFN5/c1-9(16)18-20(17)13(6-7-19(2)3)10-4-5-12(15)11(14)8-10/h4-5,8,13H,6-7,17H2,1-3H3,(H2,16,18). The first-order chi connectivity index (χ1) is 9.31. The first kappa shape index (κ1) is 16.9. The fourth-order valence-corrected chi connectivity index (χ4v) is 2.20. The van der Waals surface area contributed by atoms with Gasteiger partial charge >= 0.3 is 0 Å². The van der Waals surface area contributed by atoms with Crippen molar-refractivity contribution < 1.29 is 4.39 Å². The maximum absolute atomic E-state index is 13.3.